The molecule has 0 aliphatic carbocycles. The van der Waals surface area contributed by atoms with E-state index in [1.807, 2.05) is 30.1 Å². The van der Waals surface area contributed by atoms with Crippen LogP contribution in [0, 0.1) is 0 Å². The second-order valence-corrected chi connectivity index (χ2v) is 5.56. The molecule has 4 nitrogen and oxygen atoms in total. The normalized spacial score (nSPS) is 14.3. The number of benzene rings is 1. The van der Waals surface area contributed by atoms with Gasteiger partial charge in [0.2, 0.25) is 5.91 Å². The number of anilines is 1. The lowest BCUT2D eigenvalue weighted by Gasteiger charge is -2.19. The van der Waals surface area contributed by atoms with Gasteiger partial charge < -0.3 is 5.32 Å². The summed E-state index contributed by atoms with van der Waals surface area (Å²) in [5.41, 5.74) is 1.98. The third-order valence-electron chi connectivity index (χ3n) is 2.62. The van der Waals surface area contributed by atoms with Gasteiger partial charge >= 0.3 is 0 Å². The van der Waals surface area contributed by atoms with Gasteiger partial charge in [0, 0.05) is 11.4 Å². The summed E-state index contributed by atoms with van der Waals surface area (Å²) < 4.78 is 0. The summed E-state index contributed by atoms with van der Waals surface area (Å²) in [5, 5.41) is 2.87. The fraction of sp³-hybridized carbons (Fsp3) is 0.385. The van der Waals surface area contributed by atoms with Crippen molar-refractivity contribution in [2.45, 2.75) is 18.4 Å². The molecule has 1 aromatic rings. The van der Waals surface area contributed by atoms with E-state index in [1.165, 1.54) is 0 Å². The first kappa shape index (κ1) is 13.1. The highest BCUT2D eigenvalue weighted by atomic mass is 32.2. The number of fused-ring (bicyclic) bond motifs is 1. The highest BCUT2D eigenvalue weighted by molar-refractivity contribution is 8.00. The van der Waals surface area contributed by atoms with Crippen molar-refractivity contribution in [3.8, 4) is 0 Å². The lowest BCUT2D eigenvalue weighted by molar-refractivity contribution is -0.118. The molecule has 1 N–H and O–H groups in total. The smallest absolute Gasteiger partial charge is 0.234 e. The maximum absolute atomic E-state index is 11.3. The van der Waals surface area contributed by atoms with Crippen LogP contribution in [0.5, 0.6) is 0 Å². The van der Waals surface area contributed by atoms with Gasteiger partial charge in [-0.3, -0.25) is 14.5 Å². The van der Waals surface area contributed by atoms with Crippen molar-refractivity contribution in [2.75, 3.05) is 24.7 Å². The molecule has 0 spiro atoms. The monoisotopic (exact) mass is 264 g/mol. The molecule has 1 aliphatic heterocycles. The Morgan fingerprint density at radius 1 is 1.50 bits per heavy atom. The molecule has 0 saturated heterocycles. The molecule has 0 saturated carbocycles. The van der Waals surface area contributed by atoms with Crippen molar-refractivity contribution in [3.05, 3.63) is 23.8 Å². The molecule has 18 heavy (non-hydrogen) atoms. The number of hydrogen-bond acceptors (Lipinski definition) is 4. The highest BCUT2D eigenvalue weighted by Gasteiger charge is 2.15. The van der Waals surface area contributed by atoms with E-state index in [9.17, 15) is 9.59 Å². The van der Waals surface area contributed by atoms with Gasteiger partial charge in [0.1, 0.15) is 5.78 Å². The molecular weight excluding hydrogens is 248 g/mol. The topological polar surface area (TPSA) is 49.4 Å². The molecule has 5 heteroatoms. The van der Waals surface area contributed by atoms with E-state index in [-0.39, 0.29) is 11.7 Å². The molecule has 0 fully saturated rings. The molecular formula is C13H16N2O2S. The van der Waals surface area contributed by atoms with Gasteiger partial charge in [0.15, 0.2) is 0 Å². The van der Waals surface area contributed by atoms with Crippen molar-refractivity contribution in [2.24, 2.45) is 0 Å². The zero-order valence-electron chi connectivity index (χ0n) is 10.5. The lowest BCUT2D eigenvalue weighted by Crippen LogP contribution is -2.24. The van der Waals surface area contributed by atoms with Gasteiger partial charge in [0.25, 0.3) is 0 Å². The minimum atomic E-state index is 0.0433. The first-order chi connectivity index (χ1) is 8.54. The number of nitrogens with zero attached hydrogens (tertiary/aromatic N) is 1. The number of hydrogen-bond donors (Lipinski definition) is 1. The zero-order chi connectivity index (χ0) is 13.1. The van der Waals surface area contributed by atoms with Crippen LogP contribution >= 0.6 is 11.8 Å². The standard InChI is InChI=1S/C13H16N2O2S/c1-9(16)6-15(2)7-10-3-4-12-11(5-10)14-13(17)8-18-12/h3-5H,6-8H2,1-2H3,(H,14,17). The van der Waals surface area contributed by atoms with Crippen LogP contribution in [0.1, 0.15) is 12.5 Å². The van der Waals surface area contributed by atoms with E-state index in [1.54, 1.807) is 18.7 Å². The maximum Gasteiger partial charge on any atom is 0.234 e. The summed E-state index contributed by atoms with van der Waals surface area (Å²) in [4.78, 5) is 25.4. The van der Waals surface area contributed by atoms with Crippen molar-refractivity contribution in [3.63, 3.8) is 0 Å². The molecule has 1 aromatic carbocycles. The zero-order valence-corrected chi connectivity index (χ0v) is 11.3. The van der Waals surface area contributed by atoms with Gasteiger partial charge in [-0.05, 0) is 31.7 Å². The van der Waals surface area contributed by atoms with Gasteiger partial charge in [-0.15, -0.1) is 11.8 Å². The fourth-order valence-electron chi connectivity index (χ4n) is 1.98. The predicted molar refractivity (Wildman–Crippen MR) is 72.8 cm³/mol. The van der Waals surface area contributed by atoms with Crippen LogP contribution in [-0.2, 0) is 16.1 Å². The minimum Gasteiger partial charge on any atom is -0.324 e. The molecule has 2 rings (SSSR count). The van der Waals surface area contributed by atoms with Crippen LogP contribution in [0.2, 0.25) is 0 Å². The Balaban J connectivity index is 2.08. The third-order valence-corrected chi connectivity index (χ3v) is 3.70. The Kier molecular flexibility index (Phi) is 4.04. The van der Waals surface area contributed by atoms with E-state index in [0.29, 0.717) is 18.8 Å². The molecule has 1 amide bonds. The van der Waals surface area contributed by atoms with E-state index in [4.69, 9.17) is 0 Å². The Morgan fingerprint density at radius 3 is 3.00 bits per heavy atom. The quantitative estimate of drug-likeness (QED) is 0.900. The van der Waals surface area contributed by atoms with Crippen molar-refractivity contribution < 1.29 is 9.59 Å². The van der Waals surface area contributed by atoms with Crippen LogP contribution in [0.25, 0.3) is 0 Å². The molecule has 0 radical (unpaired) electrons. The number of nitrogens with one attached hydrogen (secondary N) is 1. The van der Waals surface area contributed by atoms with Crippen molar-refractivity contribution >= 4 is 29.1 Å². The molecule has 1 aliphatic rings. The van der Waals surface area contributed by atoms with Crippen molar-refractivity contribution in [1.29, 1.82) is 0 Å². The summed E-state index contributed by atoms with van der Waals surface area (Å²) in [7, 11) is 1.91. The maximum atomic E-state index is 11.3. The first-order valence-electron chi connectivity index (χ1n) is 5.78. The van der Waals surface area contributed by atoms with Crippen LogP contribution in [-0.4, -0.2) is 35.9 Å². The van der Waals surface area contributed by atoms with E-state index in [0.717, 1.165) is 16.1 Å². The molecule has 96 valence electrons. The van der Waals surface area contributed by atoms with Gasteiger partial charge in [-0.1, -0.05) is 6.07 Å². The molecule has 0 unspecified atom stereocenters. The average molecular weight is 264 g/mol. The molecule has 0 bridgehead atoms. The Labute approximate surface area is 111 Å². The number of thioether (sulfide) groups is 1. The summed E-state index contributed by atoms with van der Waals surface area (Å²) in [5.74, 6) is 0.678. The summed E-state index contributed by atoms with van der Waals surface area (Å²) >= 11 is 1.56. The Bertz CT molecular complexity index is 488. The largest absolute Gasteiger partial charge is 0.324 e. The number of rotatable bonds is 4. The predicted octanol–water partition coefficient (Wildman–Crippen LogP) is 1.75. The number of ketones is 1. The number of carbonyl (C=O) groups is 2. The van der Waals surface area contributed by atoms with Crippen LogP contribution in [0.15, 0.2) is 23.1 Å². The summed E-state index contributed by atoms with van der Waals surface area (Å²) in [6, 6.07) is 6.05. The molecule has 0 aromatic heterocycles. The second-order valence-electron chi connectivity index (χ2n) is 4.54. The minimum absolute atomic E-state index is 0.0433. The number of carbonyl (C=O) groups excluding carboxylic acids is 2. The molecule has 1 heterocycles. The number of amides is 1. The SMILES string of the molecule is CC(=O)CN(C)Cc1ccc2c(c1)NC(=O)CS2. The van der Waals surface area contributed by atoms with Crippen LogP contribution < -0.4 is 5.32 Å². The summed E-state index contributed by atoms with van der Waals surface area (Å²) in [6.45, 7) is 2.73. The average Bonchev–Trinajstić information content (AvgIpc) is 2.27. The van der Waals surface area contributed by atoms with Gasteiger partial charge in [-0.2, -0.15) is 0 Å². The fourth-order valence-corrected chi connectivity index (χ4v) is 2.76. The number of likely N-dealkylation sites (N-methyl/N-ethyl adjacent to an activating group) is 1. The third kappa shape index (κ3) is 3.34. The van der Waals surface area contributed by atoms with E-state index in [2.05, 4.69) is 5.32 Å². The van der Waals surface area contributed by atoms with E-state index >= 15 is 0 Å². The lowest BCUT2D eigenvalue weighted by atomic mass is 10.2. The Morgan fingerprint density at radius 2 is 2.28 bits per heavy atom. The van der Waals surface area contributed by atoms with Crippen LogP contribution in [0.3, 0.4) is 0 Å². The van der Waals surface area contributed by atoms with Gasteiger partial charge in [-0.25, -0.2) is 0 Å². The second kappa shape index (κ2) is 5.54. The van der Waals surface area contributed by atoms with E-state index < -0.39 is 0 Å². The highest BCUT2D eigenvalue weighted by Crippen LogP contribution is 2.32. The van der Waals surface area contributed by atoms with Crippen molar-refractivity contribution in [1.82, 2.24) is 4.90 Å². The first-order valence-corrected chi connectivity index (χ1v) is 6.77. The molecule has 0 atom stereocenters. The number of Topliss-reactive ketones (excluding diaryl/α,β-unsaturated/α-hetero) is 1. The van der Waals surface area contributed by atoms with Crippen LogP contribution in [0.4, 0.5) is 5.69 Å². The van der Waals surface area contributed by atoms with Gasteiger partial charge in [0.05, 0.1) is 18.0 Å². The Hall–Kier alpha value is -1.33. The summed E-state index contributed by atoms with van der Waals surface area (Å²) in [6.07, 6.45) is 0.